The predicted molar refractivity (Wildman–Crippen MR) is 119 cm³/mol. The number of carbonyl (C=O) groups excluding carboxylic acids is 3. The molecule has 4 rings (SSSR count). The summed E-state index contributed by atoms with van der Waals surface area (Å²) in [6, 6.07) is 8.12. The highest BCUT2D eigenvalue weighted by molar-refractivity contribution is 6.30. The summed E-state index contributed by atoms with van der Waals surface area (Å²) < 4.78 is 11.1. The van der Waals surface area contributed by atoms with Crippen molar-refractivity contribution in [3.05, 3.63) is 75.2 Å². The summed E-state index contributed by atoms with van der Waals surface area (Å²) in [6.45, 7) is 2.79. The monoisotopic (exact) mass is 469 g/mol. The van der Waals surface area contributed by atoms with Gasteiger partial charge in [-0.05, 0) is 31.5 Å². The Labute approximate surface area is 194 Å². The number of methoxy groups -OCH3 is 1. The van der Waals surface area contributed by atoms with Crippen LogP contribution in [0, 0.1) is 0 Å². The molecular weight excluding hydrogens is 450 g/mol. The molecule has 9 heteroatoms. The van der Waals surface area contributed by atoms with Crippen LogP contribution in [-0.4, -0.2) is 34.8 Å². The Bertz CT molecular complexity index is 1280. The first-order valence-corrected chi connectivity index (χ1v) is 10.3. The largest absolute Gasteiger partial charge is 0.507 e. The van der Waals surface area contributed by atoms with Crippen LogP contribution in [0.5, 0.6) is 17.2 Å². The molecule has 0 saturated heterocycles. The van der Waals surface area contributed by atoms with Gasteiger partial charge < -0.3 is 25.0 Å². The minimum absolute atomic E-state index is 0.0136. The van der Waals surface area contributed by atoms with E-state index in [-0.39, 0.29) is 40.7 Å². The molecule has 0 radical (unpaired) electrons. The molecule has 0 saturated carbocycles. The number of aliphatic hydroxyl groups is 1. The minimum atomic E-state index is -1.61. The Morgan fingerprint density at radius 1 is 1.21 bits per heavy atom. The Morgan fingerprint density at radius 3 is 2.48 bits per heavy atom. The molecule has 3 N–H and O–H groups in total. The highest BCUT2D eigenvalue weighted by Crippen LogP contribution is 2.56. The first kappa shape index (κ1) is 22.4. The molecule has 8 nitrogen and oxygen atoms in total. The van der Waals surface area contributed by atoms with Crippen molar-refractivity contribution in [3.63, 3.8) is 0 Å². The van der Waals surface area contributed by atoms with Crippen LogP contribution in [0.4, 0.5) is 0 Å². The van der Waals surface area contributed by atoms with Crippen molar-refractivity contribution in [2.75, 3.05) is 7.11 Å². The molecule has 0 aromatic heterocycles. The van der Waals surface area contributed by atoms with E-state index < -0.39 is 34.2 Å². The number of aliphatic hydroxyl groups excluding tert-OH is 1. The van der Waals surface area contributed by atoms with E-state index in [1.807, 2.05) is 0 Å². The number of phenols is 1. The summed E-state index contributed by atoms with van der Waals surface area (Å²) in [4.78, 5) is 38.4. The van der Waals surface area contributed by atoms with E-state index in [9.17, 15) is 24.6 Å². The summed E-state index contributed by atoms with van der Waals surface area (Å²) in [5, 5.41) is 24.3. The Hall–Kier alpha value is -3.78. The van der Waals surface area contributed by atoms with Crippen molar-refractivity contribution in [3.8, 4) is 17.2 Å². The van der Waals surface area contributed by atoms with Crippen LogP contribution in [0.1, 0.15) is 35.3 Å². The molecule has 0 unspecified atom stereocenters. The van der Waals surface area contributed by atoms with Crippen LogP contribution in [0.2, 0.25) is 5.02 Å². The van der Waals surface area contributed by atoms with Gasteiger partial charge in [0.05, 0.1) is 12.7 Å². The molecule has 1 atom stereocenters. The number of benzene rings is 2. The average Bonchev–Trinajstić information content (AvgIpc) is 3.06. The number of Topliss-reactive ketones (excluding diaryl/α,β-unsaturated/α-hetero) is 2. The standard InChI is InChI=1S/C24H20ClNO7/c1-11(27)18-14(28)9-17-24(2,22(18)30)20-15(29)8-16(32-3)19(21(20)33-17)23(31)26-10-12-4-6-13(25)7-5-12/h4-9,28-29H,10H2,1-3H3,(H,26,31)/t24-/m1/s1. The lowest BCUT2D eigenvalue weighted by Crippen LogP contribution is -2.38. The predicted octanol–water partition coefficient (Wildman–Crippen LogP) is 3.50. The highest BCUT2D eigenvalue weighted by Gasteiger charge is 2.55. The SMILES string of the molecule is COc1cc(O)c2c(c1C(=O)NCc1ccc(Cl)cc1)OC1=CC(O)=C(C(C)=O)C(=O)[C@]12C. The summed E-state index contributed by atoms with van der Waals surface area (Å²) >= 11 is 5.89. The molecular formula is C24H20ClNO7. The van der Waals surface area contributed by atoms with E-state index >= 15 is 0 Å². The number of aromatic hydroxyl groups is 1. The highest BCUT2D eigenvalue weighted by atomic mass is 35.5. The van der Waals surface area contributed by atoms with Gasteiger partial charge in [-0.2, -0.15) is 0 Å². The smallest absolute Gasteiger partial charge is 0.259 e. The number of amides is 1. The lowest BCUT2D eigenvalue weighted by atomic mass is 9.71. The first-order valence-electron chi connectivity index (χ1n) is 9.95. The van der Waals surface area contributed by atoms with E-state index in [4.69, 9.17) is 21.1 Å². The number of carbonyl (C=O) groups is 3. The quantitative estimate of drug-likeness (QED) is 0.573. The molecule has 1 heterocycles. The lowest BCUT2D eigenvalue weighted by molar-refractivity contribution is -0.123. The first-order chi connectivity index (χ1) is 15.6. The molecule has 2 aliphatic rings. The van der Waals surface area contributed by atoms with Crippen molar-refractivity contribution in [2.24, 2.45) is 0 Å². The van der Waals surface area contributed by atoms with Crippen LogP contribution in [0.3, 0.4) is 0 Å². The summed E-state index contributed by atoms with van der Waals surface area (Å²) in [7, 11) is 1.33. The molecule has 0 spiro atoms. The fourth-order valence-corrected chi connectivity index (χ4v) is 4.22. The number of ether oxygens (including phenoxy) is 2. The number of rotatable bonds is 5. The molecule has 2 aromatic carbocycles. The second-order valence-corrected chi connectivity index (χ2v) is 8.30. The maximum atomic E-state index is 13.3. The third-order valence-electron chi connectivity index (χ3n) is 5.80. The van der Waals surface area contributed by atoms with Crippen molar-refractivity contribution in [2.45, 2.75) is 25.8 Å². The van der Waals surface area contributed by atoms with Crippen molar-refractivity contribution < 1.29 is 34.1 Å². The average molecular weight is 470 g/mol. The zero-order valence-electron chi connectivity index (χ0n) is 18.0. The molecule has 170 valence electrons. The number of hydrogen-bond donors (Lipinski definition) is 3. The van der Waals surface area contributed by atoms with Gasteiger partial charge in [0.25, 0.3) is 5.91 Å². The fraction of sp³-hybridized carbons (Fsp3) is 0.208. The molecule has 1 aliphatic heterocycles. The summed E-state index contributed by atoms with van der Waals surface area (Å²) in [5.41, 5.74) is -1.23. The fourth-order valence-electron chi connectivity index (χ4n) is 4.09. The van der Waals surface area contributed by atoms with Gasteiger partial charge >= 0.3 is 0 Å². The third-order valence-corrected chi connectivity index (χ3v) is 6.05. The lowest BCUT2D eigenvalue weighted by Gasteiger charge is -2.27. The van der Waals surface area contributed by atoms with E-state index in [1.54, 1.807) is 24.3 Å². The van der Waals surface area contributed by atoms with Crippen LogP contribution in [0.25, 0.3) is 0 Å². The number of ketones is 2. The van der Waals surface area contributed by atoms with Gasteiger partial charge in [-0.15, -0.1) is 0 Å². The van der Waals surface area contributed by atoms with Crippen molar-refractivity contribution in [1.29, 1.82) is 0 Å². The molecule has 1 aliphatic carbocycles. The number of hydrogen-bond acceptors (Lipinski definition) is 7. The zero-order valence-corrected chi connectivity index (χ0v) is 18.7. The second kappa shape index (κ2) is 7.97. The minimum Gasteiger partial charge on any atom is -0.507 e. The van der Waals surface area contributed by atoms with E-state index in [0.29, 0.717) is 5.02 Å². The number of nitrogens with one attached hydrogen (secondary N) is 1. The maximum Gasteiger partial charge on any atom is 0.259 e. The molecule has 1 amide bonds. The van der Waals surface area contributed by atoms with E-state index in [2.05, 4.69) is 5.32 Å². The Balaban J connectivity index is 1.80. The van der Waals surface area contributed by atoms with Crippen molar-refractivity contribution in [1.82, 2.24) is 5.32 Å². The molecule has 33 heavy (non-hydrogen) atoms. The van der Waals surface area contributed by atoms with Gasteiger partial charge in [0.1, 0.15) is 39.6 Å². The van der Waals surface area contributed by atoms with Crippen LogP contribution in [-0.2, 0) is 21.5 Å². The van der Waals surface area contributed by atoms with E-state index in [0.717, 1.165) is 18.6 Å². The third kappa shape index (κ3) is 3.43. The van der Waals surface area contributed by atoms with Gasteiger partial charge in [-0.3, -0.25) is 14.4 Å². The second-order valence-electron chi connectivity index (χ2n) is 7.87. The van der Waals surface area contributed by atoms with Crippen LogP contribution < -0.4 is 14.8 Å². The molecule has 0 fully saturated rings. The van der Waals surface area contributed by atoms with Gasteiger partial charge in [-0.25, -0.2) is 0 Å². The van der Waals surface area contributed by atoms with Gasteiger partial charge in [0.2, 0.25) is 0 Å². The zero-order chi connectivity index (χ0) is 24.1. The number of allylic oxidation sites excluding steroid dienone is 3. The normalized spacial score (nSPS) is 18.8. The Morgan fingerprint density at radius 2 is 1.88 bits per heavy atom. The molecule has 0 bridgehead atoms. The van der Waals surface area contributed by atoms with Crippen molar-refractivity contribution >= 4 is 29.1 Å². The van der Waals surface area contributed by atoms with Crippen LogP contribution >= 0.6 is 11.6 Å². The topological polar surface area (TPSA) is 122 Å². The summed E-state index contributed by atoms with van der Waals surface area (Å²) in [5.74, 6) is -2.89. The maximum absolute atomic E-state index is 13.3. The number of fused-ring (bicyclic) bond motifs is 3. The van der Waals surface area contributed by atoms with Gasteiger partial charge in [-0.1, -0.05) is 23.7 Å². The summed E-state index contributed by atoms with van der Waals surface area (Å²) in [6.07, 6.45) is 1.15. The Kier molecular flexibility index (Phi) is 5.41. The number of phenolic OH excluding ortho intramolecular Hbond substituents is 1. The van der Waals surface area contributed by atoms with Gasteiger partial charge in [0.15, 0.2) is 17.3 Å². The van der Waals surface area contributed by atoms with Crippen LogP contribution in [0.15, 0.2) is 53.5 Å². The number of halogens is 1. The molecule has 2 aromatic rings. The van der Waals surface area contributed by atoms with Gasteiger partial charge in [0, 0.05) is 23.7 Å². The van der Waals surface area contributed by atoms with E-state index in [1.165, 1.54) is 20.1 Å².